The molecule has 0 amide bonds. The van der Waals surface area contributed by atoms with Crippen molar-refractivity contribution in [2.75, 3.05) is 13.2 Å². The lowest BCUT2D eigenvalue weighted by Crippen LogP contribution is -2.12. The van der Waals surface area contributed by atoms with Gasteiger partial charge in [0.2, 0.25) is 0 Å². The van der Waals surface area contributed by atoms with Gasteiger partial charge >= 0.3 is 13.5 Å². The number of hydrogen-bond acceptors (Lipinski definition) is 2. The van der Waals surface area contributed by atoms with Crippen molar-refractivity contribution in [3.8, 4) is 0 Å². The molecule has 80 valence electrons. The highest BCUT2D eigenvalue weighted by Crippen LogP contribution is 2.06. The first-order valence-corrected chi connectivity index (χ1v) is 3.74. The normalized spacial score (nSPS) is 11.0. The fourth-order valence-corrected chi connectivity index (χ4v) is 0.420. The average Bonchev–Trinajstić information content (AvgIpc) is 1.84. The van der Waals surface area contributed by atoms with Crippen LogP contribution in [0, 0.1) is 6.92 Å². The molecule has 0 aromatic rings. The Balaban J connectivity index is 0. The van der Waals surface area contributed by atoms with E-state index in [-0.39, 0.29) is 6.29 Å². The third-order valence-electron chi connectivity index (χ3n) is 0.705. The van der Waals surface area contributed by atoms with Crippen molar-refractivity contribution >= 4 is 7.25 Å². The molecule has 0 N–H and O–H groups in total. The quantitative estimate of drug-likeness (QED) is 0.303. The summed E-state index contributed by atoms with van der Waals surface area (Å²) in [5.74, 6) is 0. The fraction of sp³-hybridized carbons (Fsp3) is 0.833. The van der Waals surface area contributed by atoms with Crippen LogP contribution in [0.5, 0.6) is 0 Å². The highest BCUT2D eigenvalue weighted by molar-refractivity contribution is 6.50. The molecule has 0 atom stereocenters. The Hall–Kier alpha value is -0.425. The molecular formula is C6H13BF4O2. The van der Waals surface area contributed by atoms with E-state index in [1.807, 2.05) is 13.8 Å². The van der Waals surface area contributed by atoms with Crippen LogP contribution in [-0.2, 0) is 9.47 Å². The Labute approximate surface area is 75.3 Å². The van der Waals surface area contributed by atoms with E-state index in [4.69, 9.17) is 9.47 Å². The third kappa shape index (κ3) is 34.1. The van der Waals surface area contributed by atoms with Gasteiger partial charge in [-0.2, -0.15) is 0 Å². The van der Waals surface area contributed by atoms with Gasteiger partial charge in [-0.3, -0.25) is 0 Å². The summed E-state index contributed by atoms with van der Waals surface area (Å²) >= 11 is 0. The second-order valence-corrected chi connectivity index (χ2v) is 1.84. The lowest BCUT2D eigenvalue weighted by Gasteiger charge is -2.02. The lowest BCUT2D eigenvalue weighted by molar-refractivity contribution is -0.105. The molecule has 2 nitrogen and oxygen atoms in total. The van der Waals surface area contributed by atoms with Crippen molar-refractivity contribution in [2.45, 2.75) is 20.1 Å². The van der Waals surface area contributed by atoms with Crippen molar-refractivity contribution in [1.82, 2.24) is 0 Å². The van der Waals surface area contributed by atoms with Crippen LogP contribution in [-0.4, -0.2) is 26.8 Å². The van der Waals surface area contributed by atoms with Crippen molar-refractivity contribution in [2.24, 2.45) is 0 Å². The van der Waals surface area contributed by atoms with E-state index in [9.17, 15) is 17.3 Å². The molecule has 13 heavy (non-hydrogen) atoms. The van der Waals surface area contributed by atoms with Gasteiger partial charge in [0.05, 0.1) is 13.2 Å². The Morgan fingerprint density at radius 3 is 1.46 bits per heavy atom. The lowest BCUT2D eigenvalue weighted by atomic mass is 10.3. The second-order valence-electron chi connectivity index (χ2n) is 1.84. The molecule has 0 aromatic heterocycles. The maximum absolute atomic E-state index is 9.75. The van der Waals surface area contributed by atoms with Crippen LogP contribution in [0.15, 0.2) is 0 Å². The van der Waals surface area contributed by atoms with Crippen LogP contribution in [0.3, 0.4) is 0 Å². The van der Waals surface area contributed by atoms with Gasteiger partial charge in [0.25, 0.3) is 0 Å². The summed E-state index contributed by atoms with van der Waals surface area (Å²) in [6.45, 7) is 8.72. The number of rotatable bonds is 4. The Bertz CT molecular complexity index is 97.3. The van der Waals surface area contributed by atoms with Gasteiger partial charge in [-0.1, -0.05) is 0 Å². The van der Waals surface area contributed by atoms with Crippen LogP contribution in [0.1, 0.15) is 13.8 Å². The van der Waals surface area contributed by atoms with E-state index >= 15 is 0 Å². The SMILES string of the molecule is F[B-](F)(F)F.[CH2+]C(OCC)OCC. The van der Waals surface area contributed by atoms with Crippen LogP contribution in [0.25, 0.3) is 0 Å². The van der Waals surface area contributed by atoms with Crippen molar-refractivity contribution < 1.29 is 26.7 Å². The molecule has 0 aromatic carbocycles. The van der Waals surface area contributed by atoms with Crippen LogP contribution < -0.4 is 0 Å². The highest BCUT2D eigenvalue weighted by Gasteiger charge is 2.20. The van der Waals surface area contributed by atoms with E-state index in [1.54, 1.807) is 0 Å². The van der Waals surface area contributed by atoms with E-state index in [1.165, 1.54) is 0 Å². The Morgan fingerprint density at radius 2 is 1.31 bits per heavy atom. The molecule has 7 heteroatoms. The fourth-order valence-electron chi connectivity index (χ4n) is 0.420. The third-order valence-corrected chi connectivity index (χ3v) is 0.705. The molecule has 0 heterocycles. The first-order chi connectivity index (χ1) is 5.81. The maximum atomic E-state index is 9.75. The monoisotopic (exact) mass is 204 g/mol. The summed E-state index contributed by atoms with van der Waals surface area (Å²) in [7, 11) is -6.00. The van der Waals surface area contributed by atoms with Crippen molar-refractivity contribution in [3.05, 3.63) is 6.92 Å². The Morgan fingerprint density at radius 1 is 1.08 bits per heavy atom. The number of hydrogen-bond donors (Lipinski definition) is 0. The summed E-state index contributed by atoms with van der Waals surface area (Å²) in [4.78, 5) is 0. The smallest absolute Gasteiger partial charge is 0.418 e. The molecule has 0 aliphatic carbocycles. The molecule has 0 radical (unpaired) electrons. The van der Waals surface area contributed by atoms with Gasteiger partial charge in [0.15, 0.2) is 0 Å². The summed E-state index contributed by atoms with van der Waals surface area (Å²) in [5, 5.41) is 0. The average molecular weight is 204 g/mol. The van der Waals surface area contributed by atoms with E-state index < -0.39 is 7.25 Å². The summed E-state index contributed by atoms with van der Waals surface area (Å²) in [6, 6.07) is 0. The summed E-state index contributed by atoms with van der Waals surface area (Å²) in [6.07, 6.45) is -0.287. The molecule has 0 fully saturated rings. The molecule has 0 aliphatic rings. The minimum atomic E-state index is -6.00. The standard InChI is InChI=1S/C6H13O2.BF4/c1-4-7-6(3)8-5-2;2-1(3,4)5/h6H,3-5H2,1-2H3;/q+1;-1. The van der Waals surface area contributed by atoms with Crippen LogP contribution in [0.2, 0.25) is 0 Å². The van der Waals surface area contributed by atoms with Gasteiger partial charge in [-0.25, -0.2) is 0 Å². The predicted octanol–water partition coefficient (Wildman–Crippen LogP) is 2.52. The van der Waals surface area contributed by atoms with Crippen LogP contribution in [0.4, 0.5) is 17.3 Å². The summed E-state index contributed by atoms with van der Waals surface area (Å²) in [5.41, 5.74) is 0. The molecule has 0 unspecified atom stereocenters. The van der Waals surface area contributed by atoms with Crippen molar-refractivity contribution in [3.63, 3.8) is 0 Å². The van der Waals surface area contributed by atoms with E-state index in [0.717, 1.165) is 0 Å². The maximum Gasteiger partial charge on any atom is 0.673 e. The second kappa shape index (κ2) is 8.19. The van der Waals surface area contributed by atoms with E-state index in [0.29, 0.717) is 13.2 Å². The molecule has 0 aliphatic heterocycles. The highest BCUT2D eigenvalue weighted by atomic mass is 19.5. The van der Waals surface area contributed by atoms with Gasteiger partial charge in [-0.15, -0.1) is 0 Å². The molecule has 0 saturated carbocycles. The Kier molecular flexibility index (Phi) is 9.49. The predicted molar refractivity (Wildman–Crippen MR) is 42.6 cm³/mol. The van der Waals surface area contributed by atoms with Crippen molar-refractivity contribution in [1.29, 1.82) is 0 Å². The molecule has 0 saturated heterocycles. The topological polar surface area (TPSA) is 18.5 Å². The molecule has 0 rings (SSSR count). The molecule has 0 spiro atoms. The minimum Gasteiger partial charge on any atom is -0.418 e. The zero-order valence-electron chi connectivity index (χ0n) is 7.60. The first-order valence-electron chi connectivity index (χ1n) is 3.74. The minimum absolute atomic E-state index is 0.287. The van der Waals surface area contributed by atoms with Gasteiger partial charge in [0, 0.05) is 0 Å². The zero-order valence-corrected chi connectivity index (χ0v) is 7.60. The first kappa shape index (κ1) is 15.1. The van der Waals surface area contributed by atoms with Crippen LogP contribution >= 0.6 is 0 Å². The molecule has 0 bridgehead atoms. The zero-order chi connectivity index (χ0) is 10.9. The number of halogens is 4. The van der Waals surface area contributed by atoms with Gasteiger partial charge < -0.3 is 26.7 Å². The van der Waals surface area contributed by atoms with Gasteiger partial charge in [-0.05, 0) is 13.8 Å². The van der Waals surface area contributed by atoms with E-state index in [2.05, 4.69) is 6.92 Å². The van der Waals surface area contributed by atoms with Gasteiger partial charge in [0.1, 0.15) is 6.92 Å². The largest absolute Gasteiger partial charge is 0.673 e. The molecular weight excluding hydrogens is 191 g/mol. The summed E-state index contributed by atoms with van der Waals surface area (Å²) < 4.78 is 48.9. The number of ether oxygens (including phenoxy) is 2.